The summed E-state index contributed by atoms with van der Waals surface area (Å²) in [5, 5.41) is 0. The summed E-state index contributed by atoms with van der Waals surface area (Å²) in [4.78, 5) is 0. The van der Waals surface area contributed by atoms with Gasteiger partial charge in [0, 0.05) is 6.04 Å². The van der Waals surface area contributed by atoms with Crippen molar-refractivity contribution in [2.24, 2.45) is 5.73 Å². The predicted molar refractivity (Wildman–Crippen MR) is 74.9 cm³/mol. The van der Waals surface area contributed by atoms with Crippen molar-refractivity contribution in [1.82, 2.24) is 0 Å². The molecule has 18 heavy (non-hydrogen) atoms. The van der Waals surface area contributed by atoms with E-state index in [1.165, 1.54) is 0 Å². The van der Waals surface area contributed by atoms with Crippen LogP contribution in [0.5, 0.6) is 5.75 Å². The molecule has 0 amide bonds. The SMILES string of the molecule is CCC(N)c1cccc(OCCOC(C)(C)C)c1. The Balaban J connectivity index is 2.43. The molecule has 1 unspecified atom stereocenters. The van der Waals surface area contributed by atoms with E-state index in [4.69, 9.17) is 15.2 Å². The zero-order chi connectivity index (χ0) is 13.6. The summed E-state index contributed by atoms with van der Waals surface area (Å²) in [5.74, 6) is 0.855. The van der Waals surface area contributed by atoms with Gasteiger partial charge in [0.25, 0.3) is 0 Å². The second kappa shape index (κ2) is 6.76. The second-order valence-electron chi connectivity index (χ2n) is 5.40. The van der Waals surface area contributed by atoms with E-state index in [1.54, 1.807) is 0 Å². The van der Waals surface area contributed by atoms with Crippen molar-refractivity contribution >= 4 is 0 Å². The molecule has 1 aromatic carbocycles. The average Bonchev–Trinajstić information content (AvgIpc) is 2.33. The highest BCUT2D eigenvalue weighted by Gasteiger charge is 2.09. The largest absolute Gasteiger partial charge is 0.491 e. The van der Waals surface area contributed by atoms with Crippen LogP contribution in [0.1, 0.15) is 45.7 Å². The van der Waals surface area contributed by atoms with Crippen molar-refractivity contribution in [2.45, 2.75) is 45.8 Å². The highest BCUT2D eigenvalue weighted by atomic mass is 16.5. The van der Waals surface area contributed by atoms with Gasteiger partial charge in [-0.3, -0.25) is 0 Å². The molecule has 0 aromatic heterocycles. The first-order chi connectivity index (χ1) is 8.42. The first kappa shape index (κ1) is 15.0. The Hall–Kier alpha value is -1.06. The molecular formula is C15H25NO2. The minimum Gasteiger partial charge on any atom is -0.491 e. The van der Waals surface area contributed by atoms with E-state index >= 15 is 0 Å². The lowest BCUT2D eigenvalue weighted by molar-refractivity contribution is -0.0163. The summed E-state index contributed by atoms with van der Waals surface area (Å²) in [6, 6.07) is 8.05. The average molecular weight is 251 g/mol. The van der Waals surface area contributed by atoms with Gasteiger partial charge in [-0.2, -0.15) is 0 Å². The third-order valence-electron chi connectivity index (χ3n) is 2.61. The Labute approximate surface area is 110 Å². The summed E-state index contributed by atoms with van der Waals surface area (Å²) in [5.41, 5.74) is 7.00. The number of hydrogen-bond acceptors (Lipinski definition) is 3. The summed E-state index contributed by atoms with van der Waals surface area (Å²) in [7, 11) is 0. The summed E-state index contributed by atoms with van der Waals surface area (Å²) < 4.78 is 11.3. The fourth-order valence-electron chi connectivity index (χ4n) is 1.58. The van der Waals surface area contributed by atoms with E-state index in [9.17, 15) is 0 Å². The third-order valence-corrected chi connectivity index (χ3v) is 2.61. The van der Waals surface area contributed by atoms with Crippen molar-refractivity contribution in [3.63, 3.8) is 0 Å². The van der Waals surface area contributed by atoms with Crippen LogP contribution in [-0.4, -0.2) is 18.8 Å². The molecule has 0 aliphatic rings. The first-order valence-electron chi connectivity index (χ1n) is 6.54. The van der Waals surface area contributed by atoms with Gasteiger partial charge in [-0.1, -0.05) is 19.1 Å². The lowest BCUT2D eigenvalue weighted by Crippen LogP contribution is -2.22. The van der Waals surface area contributed by atoms with E-state index in [-0.39, 0.29) is 11.6 Å². The zero-order valence-corrected chi connectivity index (χ0v) is 11.9. The van der Waals surface area contributed by atoms with E-state index < -0.39 is 0 Å². The monoisotopic (exact) mass is 251 g/mol. The standard InChI is InChI=1S/C15H25NO2/c1-5-14(16)12-7-6-8-13(11-12)17-9-10-18-15(2,3)4/h6-8,11,14H,5,9-10,16H2,1-4H3. The summed E-state index contributed by atoms with van der Waals surface area (Å²) >= 11 is 0. The van der Waals surface area contributed by atoms with Crippen molar-refractivity contribution in [3.8, 4) is 5.75 Å². The van der Waals surface area contributed by atoms with Gasteiger partial charge in [0.15, 0.2) is 0 Å². The number of rotatable bonds is 6. The lowest BCUT2D eigenvalue weighted by atomic mass is 10.1. The molecular weight excluding hydrogens is 226 g/mol. The van der Waals surface area contributed by atoms with Gasteiger partial charge in [-0.15, -0.1) is 0 Å². The Morgan fingerprint density at radius 1 is 1.22 bits per heavy atom. The molecule has 2 N–H and O–H groups in total. The van der Waals surface area contributed by atoms with Crippen LogP contribution in [0.3, 0.4) is 0 Å². The van der Waals surface area contributed by atoms with Gasteiger partial charge in [-0.25, -0.2) is 0 Å². The molecule has 102 valence electrons. The molecule has 0 aliphatic heterocycles. The predicted octanol–water partition coefficient (Wildman–Crippen LogP) is 3.29. The molecule has 3 heteroatoms. The first-order valence-corrected chi connectivity index (χ1v) is 6.54. The lowest BCUT2D eigenvalue weighted by Gasteiger charge is -2.19. The van der Waals surface area contributed by atoms with E-state index in [0.717, 1.165) is 17.7 Å². The molecule has 1 aromatic rings. The van der Waals surface area contributed by atoms with Crippen LogP contribution in [0.15, 0.2) is 24.3 Å². The Morgan fingerprint density at radius 2 is 1.94 bits per heavy atom. The van der Waals surface area contributed by atoms with Crippen LogP contribution >= 0.6 is 0 Å². The Bertz CT molecular complexity index is 358. The normalized spacial score (nSPS) is 13.4. The maximum Gasteiger partial charge on any atom is 0.119 e. The molecule has 1 rings (SSSR count). The fraction of sp³-hybridized carbons (Fsp3) is 0.600. The van der Waals surface area contributed by atoms with Crippen LogP contribution in [0.25, 0.3) is 0 Å². The maximum absolute atomic E-state index is 5.99. The van der Waals surface area contributed by atoms with Crippen molar-refractivity contribution in [2.75, 3.05) is 13.2 Å². The van der Waals surface area contributed by atoms with Gasteiger partial charge >= 0.3 is 0 Å². The third kappa shape index (κ3) is 5.52. The van der Waals surface area contributed by atoms with Crippen molar-refractivity contribution in [1.29, 1.82) is 0 Å². The molecule has 0 bridgehead atoms. The van der Waals surface area contributed by atoms with Crippen LogP contribution in [0.2, 0.25) is 0 Å². The maximum atomic E-state index is 5.99. The van der Waals surface area contributed by atoms with Gasteiger partial charge in [-0.05, 0) is 44.9 Å². The quantitative estimate of drug-likeness (QED) is 0.789. The van der Waals surface area contributed by atoms with Crippen molar-refractivity contribution in [3.05, 3.63) is 29.8 Å². The number of hydrogen-bond donors (Lipinski definition) is 1. The highest BCUT2D eigenvalue weighted by Crippen LogP contribution is 2.19. The number of nitrogens with two attached hydrogens (primary N) is 1. The zero-order valence-electron chi connectivity index (χ0n) is 11.9. The molecule has 0 aliphatic carbocycles. The smallest absolute Gasteiger partial charge is 0.119 e. The molecule has 0 saturated heterocycles. The molecule has 0 saturated carbocycles. The van der Waals surface area contributed by atoms with E-state index in [0.29, 0.717) is 13.2 Å². The molecule has 1 atom stereocenters. The molecule has 0 heterocycles. The molecule has 3 nitrogen and oxygen atoms in total. The highest BCUT2D eigenvalue weighted by molar-refractivity contribution is 5.30. The fourth-order valence-corrected chi connectivity index (χ4v) is 1.58. The molecule has 0 spiro atoms. The minimum absolute atomic E-state index is 0.0828. The van der Waals surface area contributed by atoms with Crippen molar-refractivity contribution < 1.29 is 9.47 Å². The van der Waals surface area contributed by atoms with Crippen LogP contribution in [0, 0.1) is 0 Å². The summed E-state index contributed by atoms with van der Waals surface area (Å²) in [6.45, 7) is 9.33. The molecule has 0 radical (unpaired) electrons. The topological polar surface area (TPSA) is 44.5 Å². The minimum atomic E-state index is -0.115. The van der Waals surface area contributed by atoms with E-state index in [2.05, 4.69) is 6.92 Å². The Morgan fingerprint density at radius 3 is 2.56 bits per heavy atom. The molecule has 0 fully saturated rings. The second-order valence-corrected chi connectivity index (χ2v) is 5.40. The van der Waals surface area contributed by atoms with E-state index in [1.807, 2.05) is 45.0 Å². The Kier molecular flexibility index (Phi) is 5.63. The van der Waals surface area contributed by atoms with Crippen LogP contribution in [-0.2, 0) is 4.74 Å². The van der Waals surface area contributed by atoms with Gasteiger partial charge < -0.3 is 15.2 Å². The van der Waals surface area contributed by atoms with Crippen LogP contribution < -0.4 is 10.5 Å². The van der Waals surface area contributed by atoms with Gasteiger partial charge in [0.05, 0.1) is 12.2 Å². The van der Waals surface area contributed by atoms with Crippen LogP contribution in [0.4, 0.5) is 0 Å². The summed E-state index contributed by atoms with van der Waals surface area (Å²) in [6.07, 6.45) is 0.927. The van der Waals surface area contributed by atoms with Gasteiger partial charge in [0.2, 0.25) is 0 Å². The van der Waals surface area contributed by atoms with Gasteiger partial charge in [0.1, 0.15) is 12.4 Å². The number of ether oxygens (including phenoxy) is 2. The number of benzene rings is 1.